The number of anilines is 2. The quantitative estimate of drug-likeness (QED) is 0.148. The lowest BCUT2D eigenvalue weighted by Gasteiger charge is -2.23. The van der Waals surface area contributed by atoms with Gasteiger partial charge in [-0.2, -0.15) is 0 Å². The normalized spacial score (nSPS) is 14.0. The standard InChI is InChI=1S/C33H32N2O5S2/c1-3-40-33(38)30-27-17-14-23(21-8-5-4-6-9-21)18-28(27)42-32(30)35-29(36)20-41-26-11-7-10-24(19-26)34-31(37)22-12-15-25(39-2)16-13-22/h4-13,15-16,19,23H,3,14,17-18,20H2,1-2H3,(H,34,37)(H,35,36). The third-order valence-corrected chi connectivity index (χ3v) is 9.25. The van der Waals surface area contributed by atoms with Crippen molar-refractivity contribution in [3.63, 3.8) is 0 Å². The van der Waals surface area contributed by atoms with Gasteiger partial charge in [0.15, 0.2) is 0 Å². The second-order valence-corrected chi connectivity index (χ2v) is 12.0. The van der Waals surface area contributed by atoms with Crippen molar-refractivity contribution in [1.82, 2.24) is 0 Å². The van der Waals surface area contributed by atoms with E-state index in [-0.39, 0.29) is 24.2 Å². The van der Waals surface area contributed by atoms with Crippen LogP contribution in [0.4, 0.5) is 10.7 Å². The fraction of sp³-hybridized carbons (Fsp3) is 0.242. The van der Waals surface area contributed by atoms with E-state index in [4.69, 9.17) is 9.47 Å². The molecule has 0 bridgehead atoms. The van der Waals surface area contributed by atoms with Gasteiger partial charge in [-0.15, -0.1) is 23.1 Å². The minimum Gasteiger partial charge on any atom is -0.497 e. The number of nitrogens with one attached hydrogen (secondary N) is 2. The van der Waals surface area contributed by atoms with E-state index in [9.17, 15) is 14.4 Å². The minimum atomic E-state index is -0.392. The number of thiophene rings is 1. The Balaban J connectivity index is 1.24. The first-order valence-corrected chi connectivity index (χ1v) is 15.6. The van der Waals surface area contributed by atoms with Gasteiger partial charge in [-0.05, 0) is 85.7 Å². The highest BCUT2D eigenvalue weighted by molar-refractivity contribution is 8.00. The van der Waals surface area contributed by atoms with Crippen molar-refractivity contribution in [2.24, 2.45) is 0 Å². The molecule has 0 saturated heterocycles. The van der Waals surface area contributed by atoms with E-state index in [0.717, 1.165) is 34.6 Å². The number of carbonyl (C=O) groups is 3. The number of hydrogen-bond acceptors (Lipinski definition) is 7. The number of fused-ring (bicyclic) bond motifs is 1. The maximum atomic E-state index is 13.1. The van der Waals surface area contributed by atoms with E-state index >= 15 is 0 Å². The summed E-state index contributed by atoms with van der Waals surface area (Å²) in [5, 5.41) is 6.44. The summed E-state index contributed by atoms with van der Waals surface area (Å²) in [6.45, 7) is 2.05. The van der Waals surface area contributed by atoms with Crippen molar-refractivity contribution in [3.05, 3.63) is 106 Å². The molecule has 1 unspecified atom stereocenters. The Hall–Kier alpha value is -4.08. The summed E-state index contributed by atoms with van der Waals surface area (Å²) in [5.74, 6) is 0.363. The van der Waals surface area contributed by atoms with Gasteiger partial charge in [0.1, 0.15) is 10.8 Å². The number of rotatable bonds is 10. The molecule has 1 heterocycles. The van der Waals surface area contributed by atoms with Crippen molar-refractivity contribution in [2.45, 2.75) is 37.0 Å². The third-order valence-electron chi connectivity index (χ3n) is 7.08. The summed E-state index contributed by atoms with van der Waals surface area (Å²) >= 11 is 2.83. The van der Waals surface area contributed by atoms with Crippen molar-refractivity contribution in [3.8, 4) is 5.75 Å². The van der Waals surface area contributed by atoms with Gasteiger partial charge in [-0.25, -0.2) is 4.79 Å². The van der Waals surface area contributed by atoms with Gasteiger partial charge < -0.3 is 20.1 Å². The van der Waals surface area contributed by atoms with Crippen LogP contribution < -0.4 is 15.4 Å². The van der Waals surface area contributed by atoms with Crippen LogP contribution >= 0.6 is 23.1 Å². The second kappa shape index (κ2) is 13.7. The first-order chi connectivity index (χ1) is 20.4. The number of methoxy groups -OCH3 is 1. The number of ether oxygens (including phenoxy) is 2. The van der Waals surface area contributed by atoms with Crippen LogP contribution in [0.3, 0.4) is 0 Å². The Kier molecular flexibility index (Phi) is 9.61. The Morgan fingerprint density at radius 2 is 1.76 bits per heavy atom. The molecule has 4 aromatic rings. The summed E-state index contributed by atoms with van der Waals surface area (Å²) in [5.41, 5.74) is 3.92. The lowest BCUT2D eigenvalue weighted by molar-refractivity contribution is -0.113. The van der Waals surface area contributed by atoms with E-state index in [0.29, 0.717) is 33.5 Å². The Morgan fingerprint density at radius 3 is 2.50 bits per heavy atom. The van der Waals surface area contributed by atoms with E-state index < -0.39 is 5.97 Å². The average Bonchev–Trinajstić information content (AvgIpc) is 3.37. The SMILES string of the molecule is CCOC(=O)c1c(NC(=O)CSc2cccc(NC(=O)c3ccc(OC)cc3)c2)sc2c1CCC(c1ccccc1)C2. The molecule has 1 aromatic heterocycles. The molecule has 7 nitrogen and oxygen atoms in total. The van der Waals surface area contributed by atoms with Gasteiger partial charge in [0, 0.05) is 21.0 Å². The lowest BCUT2D eigenvalue weighted by atomic mass is 9.83. The number of thioether (sulfide) groups is 1. The topological polar surface area (TPSA) is 93.7 Å². The molecule has 2 amide bonds. The molecule has 0 spiro atoms. The van der Waals surface area contributed by atoms with Crippen LogP contribution in [-0.2, 0) is 22.4 Å². The van der Waals surface area contributed by atoms with Crippen LogP contribution in [0, 0.1) is 0 Å². The van der Waals surface area contributed by atoms with Crippen LogP contribution in [0.1, 0.15) is 56.0 Å². The maximum Gasteiger partial charge on any atom is 0.341 e. The average molecular weight is 601 g/mol. The highest BCUT2D eigenvalue weighted by Gasteiger charge is 2.30. The number of benzene rings is 3. The molecule has 2 N–H and O–H groups in total. The molecule has 1 aliphatic carbocycles. The third kappa shape index (κ3) is 7.03. The number of esters is 1. The van der Waals surface area contributed by atoms with E-state index in [2.05, 4.69) is 34.9 Å². The van der Waals surface area contributed by atoms with Crippen LogP contribution in [-0.4, -0.2) is 37.3 Å². The zero-order valence-corrected chi connectivity index (χ0v) is 25.1. The lowest BCUT2D eigenvalue weighted by Crippen LogP contribution is -2.18. The highest BCUT2D eigenvalue weighted by atomic mass is 32.2. The molecular weight excluding hydrogens is 569 g/mol. The molecule has 1 atom stereocenters. The minimum absolute atomic E-state index is 0.146. The molecule has 0 fully saturated rings. The summed E-state index contributed by atoms with van der Waals surface area (Å²) in [6.07, 6.45) is 2.53. The molecule has 42 heavy (non-hydrogen) atoms. The maximum absolute atomic E-state index is 13.1. The molecular formula is C33H32N2O5S2. The predicted molar refractivity (Wildman–Crippen MR) is 168 cm³/mol. The first-order valence-electron chi connectivity index (χ1n) is 13.8. The molecule has 0 radical (unpaired) electrons. The number of amides is 2. The summed E-state index contributed by atoms with van der Waals surface area (Å²) < 4.78 is 10.5. The van der Waals surface area contributed by atoms with Gasteiger partial charge in [-0.1, -0.05) is 36.4 Å². The Bertz CT molecular complexity index is 1570. The Morgan fingerprint density at radius 1 is 0.976 bits per heavy atom. The fourth-order valence-electron chi connectivity index (χ4n) is 5.02. The molecule has 216 valence electrons. The van der Waals surface area contributed by atoms with Crippen LogP contribution in [0.15, 0.2) is 83.8 Å². The van der Waals surface area contributed by atoms with Gasteiger partial charge in [0.05, 0.1) is 25.0 Å². The van der Waals surface area contributed by atoms with Gasteiger partial charge in [0.2, 0.25) is 5.91 Å². The van der Waals surface area contributed by atoms with Crippen molar-refractivity contribution in [2.75, 3.05) is 30.1 Å². The predicted octanol–water partition coefficient (Wildman–Crippen LogP) is 7.19. The highest BCUT2D eigenvalue weighted by Crippen LogP contribution is 2.43. The summed E-state index contributed by atoms with van der Waals surface area (Å²) in [7, 11) is 1.58. The fourth-order valence-corrected chi connectivity index (χ4v) is 7.11. The molecule has 9 heteroatoms. The summed E-state index contributed by atoms with van der Waals surface area (Å²) in [6, 6.07) is 24.6. The zero-order chi connectivity index (χ0) is 29.5. The van der Waals surface area contributed by atoms with Gasteiger partial charge >= 0.3 is 5.97 Å². The summed E-state index contributed by atoms with van der Waals surface area (Å²) in [4.78, 5) is 40.6. The first kappa shape index (κ1) is 29.4. The largest absolute Gasteiger partial charge is 0.497 e. The van der Waals surface area contributed by atoms with Crippen molar-refractivity contribution < 1.29 is 23.9 Å². The molecule has 0 saturated carbocycles. The van der Waals surface area contributed by atoms with Gasteiger partial charge in [0.25, 0.3) is 5.91 Å². The van der Waals surface area contributed by atoms with E-state index in [1.807, 2.05) is 24.3 Å². The van der Waals surface area contributed by atoms with Crippen molar-refractivity contribution >= 4 is 51.6 Å². The van der Waals surface area contributed by atoms with E-state index in [1.54, 1.807) is 44.4 Å². The second-order valence-electron chi connectivity index (χ2n) is 9.83. The molecule has 3 aromatic carbocycles. The van der Waals surface area contributed by atoms with E-state index in [1.165, 1.54) is 28.7 Å². The molecule has 0 aliphatic heterocycles. The molecule has 5 rings (SSSR count). The van der Waals surface area contributed by atoms with Crippen LogP contribution in [0.25, 0.3) is 0 Å². The van der Waals surface area contributed by atoms with Gasteiger partial charge in [-0.3, -0.25) is 9.59 Å². The smallest absolute Gasteiger partial charge is 0.341 e. The number of carbonyl (C=O) groups excluding carboxylic acids is 3. The van der Waals surface area contributed by atoms with Crippen molar-refractivity contribution in [1.29, 1.82) is 0 Å². The number of hydrogen-bond donors (Lipinski definition) is 2. The Labute approximate surface area is 253 Å². The van der Waals surface area contributed by atoms with Crippen LogP contribution in [0.5, 0.6) is 5.75 Å². The zero-order valence-electron chi connectivity index (χ0n) is 23.5. The monoisotopic (exact) mass is 600 g/mol. The molecule has 1 aliphatic rings. The van der Waals surface area contributed by atoms with Crippen LogP contribution in [0.2, 0.25) is 0 Å².